The van der Waals surface area contributed by atoms with Gasteiger partial charge in [-0.2, -0.15) is 0 Å². The Morgan fingerprint density at radius 2 is 1.95 bits per heavy atom. The highest BCUT2D eigenvalue weighted by molar-refractivity contribution is 5.90. The average molecular weight is 301 g/mol. The number of hydrogen-bond donors (Lipinski definition) is 2. The van der Waals surface area contributed by atoms with Crippen LogP contribution in [0.1, 0.15) is 48.9 Å². The van der Waals surface area contributed by atoms with E-state index in [1.807, 2.05) is 0 Å². The molecule has 0 amide bonds. The van der Waals surface area contributed by atoms with E-state index < -0.39 is 0 Å². The maximum absolute atomic E-state index is 9.42. The molecule has 2 N–H and O–H groups in total. The van der Waals surface area contributed by atoms with Crippen LogP contribution in [0.15, 0.2) is 12.1 Å². The molecule has 2 aromatic rings. The number of aryl methyl sites for hydroxylation is 1. The average Bonchev–Trinajstić information content (AvgIpc) is 2.85. The minimum Gasteiger partial charge on any atom is -0.496 e. The fraction of sp³-hybridized carbons (Fsp3) is 0.579. The third-order valence-electron chi connectivity index (χ3n) is 5.15. The van der Waals surface area contributed by atoms with E-state index in [1.54, 1.807) is 7.11 Å². The molecule has 1 aromatic carbocycles. The van der Waals surface area contributed by atoms with Gasteiger partial charge < -0.3 is 14.8 Å². The van der Waals surface area contributed by atoms with Crippen LogP contribution >= 0.6 is 0 Å². The molecule has 1 aliphatic rings. The summed E-state index contributed by atoms with van der Waals surface area (Å²) in [7, 11) is 1.76. The van der Waals surface area contributed by atoms with Crippen LogP contribution in [0.5, 0.6) is 5.75 Å². The van der Waals surface area contributed by atoms with E-state index >= 15 is 0 Å². The van der Waals surface area contributed by atoms with Crippen LogP contribution in [0.25, 0.3) is 10.9 Å². The Balaban J connectivity index is 2.07. The molecule has 1 aliphatic carbocycles. The van der Waals surface area contributed by atoms with Crippen LogP contribution in [0.3, 0.4) is 0 Å². The number of aromatic amines is 1. The van der Waals surface area contributed by atoms with Gasteiger partial charge >= 0.3 is 0 Å². The molecule has 0 aliphatic heterocycles. The van der Waals surface area contributed by atoms with Crippen molar-refractivity contribution < 1.29 is 9.84 Å². The molecule has 3 heteroatoms. The van der Waals surface area contributed by atoms with Gasteiger partial charge in [0.2, 0.25) is 0 Å². The zero-order valence-corrected chi connectivity index (χ0v) is 13.7. The summed E-state index contributed by atoms with van der Waals surface area (Å²) < 4.78 is 5.66. The fourth-order valence-electron chi connectivity index (χ4n) is 4.04. The van der Waals surface area contributed by atoms with Crippen LogP contribution in [0, 0.1) is 12.8 Å². The highest BCUT2D eigenvalue weighted by atomic mass is 16.5. The Kier molecular flexibility index (Phi) is 4.72. The summed E-state index contributed by atoms with van der Waals surface area (Å²) in [5, 5.41) is 10.7. The fourth-order valence-corrected chi connectivity index (χ4v) is 4.04. The van der Waals surface area contributed by atoms with E-state index in [0.29, 0.717) is 6.42 Å². The van der Waals surface area contributed by atoms with Crippen molar-refractivity contribution in [2.24, 2.45) is 5.92 Å². The summed E-state index contributed by atoms with van der Waals surface area (Å²) in [5.74, 6) is 1.77. The third kappa shape index (κ3) is 2.87. The lowest BCUT2D eigenvalue weighted by molar-refractivity contribution is 0.299. The molecular formula is C19H27NO2. The van der Waals surface area contributed by atoms with Gasteiger partial charge in [-0.25, -0.2) is 0 Å². The van der Waals surface area contributed by atoms with Crippen LogP contribution in [-0.4, -0.2) is 23.8 Å². The number of aliphatic hydroxyl groups excluding tert-OH is 1. The van der Waals surface area contributed by atoms with Crippen molar-refractivity contribution in [3.8, 4) is 5.75 Å². The minimum atomic E-state index is 0.188. The Morgan fingerprint density at radius 3 is 2.64 bits per heavy atom. The van der Waals surface area contributed by atoms with E-state index in [4.69, 9.17) is 4.74 Å². The molecule has 3 nitrogen and oxygen atoms in total. The van der Waals surface area contributed by atoms with Crippen LogP contribution in [0.2, 0.25) is 0 Å². The lowest BCUT2D eigenvalue weighted by Crippen LogP contribution is -2.10. The summed E-state index contributed by atoms with van der Waals surface area (Å²) in [6.45, 7) is 2.29. The monoisotopic (exact) mass is 301 g/mol. The van der Waals surface area contributed by atoms with Crippen molar-refractivity contribution in [1.29, 1.82) is 0 Å². The topological polar surface area (TPSA) is 45.2 Å². The SMILES string of the molecule is COc1ccc2[nH]c(C)c(CCO)c2c1CC1CCCCC1. The molecule has 0 radical (unpaired) electrons. The molecule has 0 saturated heterocycles. The number of ether oxygens (including phenoxy) is 1. The van der Waals surface area contributed by atoms with E-state index in [1.165, 1.54) is 59.8 Å². The molecule has 0 bridgehead atoms. The highest BCUT2D eigenvalue weighted by Crippen LogP contribution is 2.37. The first-order valence-electron chi connectivity index (χ1n) is 8.52. The van der Waals surface area contributed by atoms with E-state index in [0.717, 1.165) is 18.1 Å². The first kappa shape index (κ1) is 15.4. The zero-order chi connectivity index (χ0) is 15.5. The summed E-state index contributed by atoms with van der Waals surface area (Å²) in [6.07, 6.45) is 8.57. The molecule has 1 aromatic heterocycles. The highest BCUT2D eigenvalue weighted by Gasteiger charge is 2.21. The van der Waals surface area contributed by atoms with Crippen LogP contribution in [0.4, 0.5) is 0 Å². The molecule has 22 heavy (non-hydrogen) atoms. The molecule has 1 fully saturated rings. The molecule has 0 atom stereocenters. The van der Waals surface area contributed by atoms with Crippen LogP contribution < -0.4 is 4.74 Å². The number of aromatic nitrogens is 1. The van der Waals surface area contributed by atoms with Gasteiger partial charge in [0.05, 0.1) is 7.11 Å². The van der Waals surface area contributed by atoms with E-state index in [-0.39, 0.29) is 6.61 Å². The van der Waals surface area contributed by atoms with Crippen molar-refractivity contribution in [3.63, 3.8) is 0 Å². The first-order chi connectivity index (χ1) is 10.7. The largest absolute Gasteiger partial charge is 0.496 e. The summed E-state index contributed by atoms with van der Waals surface area (Å²) in [6, 6.07) is 4.19. The lowest BCUT2D eigenvalue weighted by Gasteiger charge is -2.23. The maximum atomic E-state index is 9.42. The van der Waals surface area contributed by atoms with Crippen LogP contribution in [-0.2, 0) is 12.8 Å². The van der Waals surface area contributed by atoms with E-state index in [2.05, 4.69) is 24.0 Å². The van der Waals surface area contributed by atoms with Gasteiger partial charge in [-0.1, -0.05) is 32.1 Å². The normalized spacial score (nSPS) is 16.3. The first-order valence-corrected chi connectivity index (χ1v) is 8.52. The quantitative estimate of drug-likeness (QED) is 0.871. The number of benzene rings is 1. The molecule has 0 spiro atoms. The van der Waals surface area contributed by atoms with Gasteiger partial charge in [0.15, 0.2) is 0 Å². The number of nitrogens with one attached hydrogen (secondary N) is 1. The lowest BCUT2D eigenvalue weighted by atomic mass is 9.83. The Bertz CT molecular complexity index is 638. The van der Waals surface area contributed by atoms with Gasteiger partial charge in [-0.15, -0.1) is 0 Å². The zero-order valence-electron chi connectivity index (χ0n) is 13.7. The van der Waals surface area contributed by atoms with E-state index in [9.17, 15) is 5.11 Å². The second-order valence-electron chi connectivity index (χ2n) is 6.58. The molecule has 0 unspecified atom stereocenters. The number of aliphatic hydroxyl groups is 1. The second-order valence-corrected chi connectivity index (χ2v) is 6.58. The van der Waals surface area contributed by atoms with Crippen molar-refractivity contribution in [2.75, 3.05) is 13.7 Å². The summed E-state index contributed by atoms with van der Waals surface area (Å²) in [4.78, 5) is 3.47. The number of hydrogen-bond acceptors (Lipinski definition) is 2. The van der Waals surface area contributed by atoms with Crippen molar-refractivity contribution in [3.05, 3.63) is 29.0 Å². The number of rotatable bonds is 5. The summed E-state index contributed by atoms with van der Waals surface area (Å²) >= 11 is 0. The Hall–Kier alpha value is -1.48. The van der Waals surface area contributed by atoms with Gasteiger partial charge in [0.1, 0.15) is 5.75 Å². The molecule has 3 rings (SSSR count). The minimum absolute atomic E-state index is 0.188. The molecular weight excluding hydrogens is 274 g/mol. The number of methoxy groups -OCH3 is 1. The van der Waals surface area contributed by atoms with Crippen molar-refractivity contribution >= 4 is 10.9 Å². The Morgan fingerprint density at radius 1 is 1.18 bits per heavy atom. The second kappa shape index (κ2) is 6.74. The molecule has 1 heterocycles. The molecule has 1 saturated carbocycles. The molecule has 120 valence electrons. The Labute approximate surface area is 132 Å². The van der Waals surface area contributed by atoms with Gasteiger partial charge in [-0.3, -0.25) is 0 Å². The van der Waals surface area contributed by atoms with Gasteiger partial charge in [0.25, 0.3) is 0 Å². The number of H-pyrrole nitrogens is 1. The standard InChI is InChI=1S/C19H27NO2/c1-13-15(10-11-21)19-16(12-14-6-4-3-5-7-14)18(22-2)9-8-17(19)20-13/h8-9,14,20-21H,3-7,10-12H2,1-2H3. The number of fused-ring (bicyclic) bond motifs is 1. The van der Waals surface area contributed by atoms with Crippen molar-refractivity contribution in [1.82, 2.24) is 4.98 Å². The smallest absolute Gasteiger partial charge is 0.122 e. The summed E-state index contributed by atoms with van der Waals surface area (Å²) in [5.41, 5.74) is 4.93. The van der Waals surface area contributed by atoms with Gasteiger partial charge in [0, 0.05) is 28.8 Å². The third-order valence-corrected chi connectivity index (χ3v) is 5.15. The predicted octanol–water partition coefficient (Wildman–Crippen LogP) is 4.14. The predicted molar refractivity (Wildman–Crippen MR) is 90.7 cm³/mol. The van der Waals surface area contributed by atoms with Crippen molar-refractivity contribution in [2.45, 2.75) is 51.9 Å². The van der Waals surface area contributed by atoms with Gasteiger partial charge in [-0.05, 0) is 43.4 Å². The maximum Gasteiger partial charge on any atom is 0.122 e.